The van der Waals surface area contributed by atoms with E-state index < -0.39 is 23.3 Å². The van der Waals surface area contributed by atoms with Crippen molar-refractivity contribution in [1.29, 1.82) is 0 Å². The second-order valence-corrected chi connectivity index (χ2v) is 8.49. The van der Waals surface area contributed by atoms with Gasteiger partial charge in [0, 0.05) is 47.9 Å². The predicted molar refractivity (Wildman–Crippen MR) is 108 cm³/mol. The van der Waals surface area contributed by atoms with Crippen molar-refractivity contribution in [3.05, 3.63) is 63.9 Å². The molecule has 1 saturated heterocycles. The number of aromatic nitrogens is 3. The molecular weight excluding hydrogens is 453 g/mol. The number of halogens is 4. The van der Waals surface area contributed by atoms with Crippen LogP contribution in [0.5, 0.6) is 0 Å². The lowest BCUT2D eigenvalue weighted by atomic mass is 10.1. The number of imidazole rings is 1. The molecule has 0 aliphatic carbocycles. The number of pyridine rings is 1. The van der Waals surface area contributed by atoms with Gasteiger partial charge in [-0.2, -0.15) is 13.2 Å². The van der Waals surface area contributed by atoms with Crippen molar-refractivity contribution < 1.29 is 22.4 Å². The summed E-state index contributed by atoms with van der Waals surface area (Å²) in [5.41, 5.74) is -0.887. The third-order valence-corrected chi connectivity index (χ3v) is 6.60. The fourth-order valence-electron chi connectivity index (χ4n) is 3.78. The highest BCUT2D eigenvalue weighted by Gasteiger charge is 2.37. The van der Waals surface area contributed by atoms with E-state index >= 15 is 0 Å². The molecule has 5 rings (SSSR count). The minimum absolute atomic E-state index is 0.0955. The smallest absolute Gasteiger partial charge is 0.420 e. The minimum Gasteiger partial charge on any atom is -0.472 e. The SMILES string of the molecule is O=C(c1nc2c(C(F)(F)F)cc(-c3ccoc3)cn2c1Cl)N1CCC(c2nccs2)C1. The van der Waals surface area contributed by atoms with Gasteiger partial charge in [0.25, 0.3) is 5.91 Å². The Labute approximate surface area is 182 Å². The molecule has 0 saturated carbocycles. The first-order valence-corrected chi connectivity index (χ1v) is 10.6. The lowest BCUT2D eigenvalue weighted by Gasteiger charge is -2.14. The normalized spacial score (nSPS) is 17.0. The Balaban J connectivity index is 1.56. The molecule has 0 bridgehead atoms. The molecule has 1 amide bonds. The third kappa shape index (κ3) is 3.49. The van der Waals surface area contributed by atoms with Gasteiger partial charge in [0.2, 0.25) is 0 Å². The average molecular weight is 467 g/mol. The van der Waals surface area contributed by atoms with Gasteiger partial charge in [-0.05, 0) is 18.6 Å². The zero-order valence-corrected chi connectivity index (χ0v) is 17.3. The van der Waals surface area contributed by atoms with E-state index in [9.17, 15) is 18.0 Å². The molecule has 0 N–H and O–H groups in total. The number of hydrogen-bond donors (Lipinski definition) is 0. The highest BCUT2D eigenvalue weighted by Crippen LogP contribution is 2.38. The van der Waals surface area contributed by atoms with Crippen LogP contribution in [0.2, 0.25) is 5.15 Å². The molecule has 1 aliphatic heterocycles. The van der Waals surface area contributed by atoms with Crippen molar-refractivity contribution in [1.82, 2.24) is 19.3 Å². The van der Waals surface area contributed by atoms with E-state index in [1.807, 2.05) is 5.38 Å². The van der Waals surface area contributed by atoms with Crippen molar-refractivity contribution >= 4 is 34.5 Å². The summed E-state index contributed by atoms with van der Waals surface area (Å²) < 4.78 is 47.4. The molecule has 6 nitrogen and oxygen atoms in total. The monoisotopic (exact) mass is 466 g/mol. The summed E-state index contributed by atoms with van der Waals surface area (Å²) in [5.74, 6) is -0.399. The number of amides is 1. The van der Waals surface area contributed by atoms with Crippen molar-refractivity contribution in [3.8, 4) is 11.1 Å². The maximum absolute atomic E-state index is 13.8. The van der Waals surface area contributed by atoms with Crippen LogP contribution in [0.25, 0.3) is 16.8 Å². The number of nitrogens with zero attached hydrogens (tertiary/aromatic N) is 4. The molecule has 1 fully saturated rings. The molecule has 11 heteroatoms. The van der Waals surface area contributed by atoms with Crippen LogP contribution in [0.1, 0.15) is 33.4 Å². The summed E-state index contributed by atoms with van der Waals surface area (Å²) in [6.07, 6.45) is 1.87. The number of fused-ring (bicyclic) bond motifs is 1. The van der Waals surface area contributed by atoms with Gasteiger partial charge in [-0.25, -0.2) is 9.97 Å². The van der Waals surface area contributed by atoms with Gasteiger partial charge in [0.05, 0.1) is 23.1 Å². The molecule has 31 heavy (non-hydrogen) atoms. The molecule has 160 valence electrons. The van der Waals surface area contributed by atoms with Gasteiger partial charge in [0.15, 0.2) is 11.3 Å². The Hall–Kier alpha value is -2.85. The Bertz CT molecular complexity index is 1250. The standard InChI is InChI=1S/C20H14ClF3N4O2S/c21-16-15(19(29)27-4-1-11(8-27)18-25-3-6-31-18)26-17-14(20(22,23)24)7-13(9-28(16)17)12-2-5-30-10-12/h2-3,5-7,9-11H,1,4,8H2. The van der Waals surface area contributed by atoms with Gasteiger partial charge in [-0.3, -0.25) is 9.20 Å². The van der Waals surface area contributed by atoms with E-state index in [1.54, 1.807) is 17.2 Å². The lowest BCUT2D eigenvalue weighted by molar-refractivity contribution is -0.136. The Morgan fingerprint density at radius 3 is 2.84 bits per heavy atom. The van der Waals surface area contributed by atoms with Crippen LogP contribution in [0.4, 0.5) is 13.2 Å². The van der Waals surface area contributed by atoms with Crippen LogP contribution in [0.3, 0.4) is 0 Å². The van der Waals surface area contributed by atoms with Crippen LogP contribution in [-0.2, 0) is 6.18 Å². The number of hydrogen-bond acceptors (Lipinski definition) is 5. The van der Waals surface area contributed by atoms with E-state index in [1.165, 1.54) is 30.1 Å². The van der Waals surface area contributed by atoms with Gasteiger partial charge >= 0.3 is 6.18 Å². The first kappa shape index (κ1) is 20.1. The predicted octanol–water partition coefficient (Wildman–Crippen LogP) is 5.35. The molecule has 0 spiro atoms. The molecule has 5 heterocycles. The molecule has 0 radical (unpaired) electrons. The van der Waals surface area contributed by atoms with Crippen molar-refractivity contribution in [2.45, 2.75) is 18.5 Å². The van der Waals surface area contributed by atoms with Gasteiger partial charge < -0.3 is 9.32 Å². The van der Waals surface area contributed by atoms with E-state index in [0.717, 1.165) is 21.9 Å². The largest absolute Gasteiger partial charge is 0.472 e. The molecule has 0 aromatic carbocycles. The van der Waals surface area contributed by atoms with Crippen LogP contribution < -0.4 is 0 Å². The zero-order valence-electron chi connectivity index (χ0n) is 15.8. The summed E-state index contributed by atoms with van der Waals surface area (Å²) >= 11 is 7.89. The zero-order chi connectivity index (χ0) is 21.8. The lowest BCUT2D eigenvalue weighted by Crippen LogP contribution is -2.29. The highest BCUT2D eigenvalue weighted by atomic mass is 35.5. The fraction of sp³-hybridized carbons (Fsp3) is 0.250. The summed E-state index contributed by atoms with van der Waals surface area (Å²) in [4.78, 5) is 22.9. The van der Waals surface area contributed by atoms with Crippen molar-refractivity contribution in [2.24, 2.45) is 0 Å². The number of furan rings is 1. The summed E-state index contributed by atoms with van der Waals surface area (Å²) in [6.45, 7) is 0.878. The number of carbonyl (C=O) groups is 1. The second kappa shape index (κ2) is 7.38. The van der Waals surface area contributed by atoms with E-state index in [2.05, 4.69) is 9.97 Å². The molecule has 1 unspecified atom stereocenters. The Morgan fingerprint density at radius 2 is 2.16 bits per heavy atom. The highest BCUT2D eigenvalue weighted by molar-refractivity contribution is 7.09. The molecular formula is C20H14ClF3N4O2S. The number of likely N-dealkylation sites (tertiary alicyclic amines) is 1. The molecule has 1 aliphatic rings. The summed E-state index contributed by atoms with van der Waals surface area (Å²) in [6, 6.07) is 2.52. The maximum Gasteiger partial charge on any atom is 0.420 e. The molecule has 4 aromatic rings. The van der Waals surface area contributed by atoms with Gasteiger partial charge in [-0.1, -0.05) is 11.6 Å². The number of carbonyl (C=O) groups excluding carboxylic acids is 1. The van der Waals surface area contributed by atoms with Crippen LogP contribution in [0.15, 0.2) is 46.8 Å². The Kier molecular flexibility index (Phi) is 4.78. The Morgan fingerprint density at radius 1 is 1.32 bits per heavy atom. The number of rotatable bonds is 3. The topological polar surface area (TPSA) is 63.6 Å². The summed E-state index contributed by atoms with van der Waals surface area (Å²) in [7, 11) is 0. The van der Waals surface area contributed by atoms with Crippen LogP contribution in [-0.4, -0.2) is 38.3 Å². The fourth-order valence-corrected chi connectivity index (χ4v) is 4.80. The van der Waals surface area contributed by atoms with E-state index in [4.69, 9.17) is 16.0 Å². The van der Waals surface area contributed by atoms with Gasteiger partial charge in [0.1, 0.15) is 5.15 Å². The average Bonchev–Trinajstić information content (AvgIpc) is 3.53. The molecule has 4 aromatic heterocycles. The maximum atomic E-state index is 13.8. The quantitative estimate of drug-likeness (QED) is 0.408. The van der Waals surface area contributed by atoms with Gasteiger partial charge in [-0.15, -0.1) is 11.3 Å². The van der Waals surface area contributed by atoms with Crippen molar-refractivity contribution in [3.63, 3.8) is 0 Å². The van der Waals surface area contributed by atoms with Crippen LogP contribution in [0, 0.1) is 0 Å². The van der Waals surface area contributed by atoms with Crippen LogP contribution >= 0.6 is 22.9 Å². The number of alkyl halides is 3. The first-order chi connectivity index (χ1) is 14.8. The van der Waals surface area contributed by atoms with E-state index in [-0.39, 0.29) is 22.3 Å². The molecule has 1 atom stereocenters. The summed E-state index contributed by atoms with van der Waals surface area (Å²) in [5, 5.41) is 2.64. The van der Waals surface area contributed by atoms with E-state index in [0.29, 0.717) is 18.7 Å². The second-order valence-electron chi connectivity index (χ2n) is 7.20. The minimum atomic E-state index is -4.68. The van der Waals surface area contributed by atoms with Crippen molar-refractivity contribution in [2.75, 3.05) is 13.1 Å². The first-order valence-electron chi connectivity index (χ1n) is 9.33. The third-order valence-electron chi connectivity index (χ3n) is 5.30. The number of thiazole rings is 1.